The summed E-state index contributed by atoms with van der Waals surface area (Å²) in [6.45, 7) is -0.221. The van der Waals surface area contributed by atoms with Crippen LogP contribution in [-0.4, -0.2) is 62.9 Å². The Hall–Kier alpha value is -5.59. The number of rotatable bonds is 11. The van der Waals surface area contributed by atoms with Crippen LogP contribution in [0, 0.1) is 0 Å². The summed E-state index contributed by atoms with van der Waals surface area (Å²) >= 11 is 0. The Labute approximate surface area is 234 Å². The smallest absolute Gasteiger partial charge is 0.436 e. The number of amides is 2. The fourth-order valence-electron chi connectivity index (χ4n) is 3.97. The number of amidine groups is 1. The van der Waals surface area contributed by atoms with Crippen molar-refractivity contribution in [3.63, 3.8) is 0 Å². The normalized spacial score (nSPS) is 11.2. The molecule has 41 heavy (non-hydrogen) atoms. The lowest BCUT2D eigenvalue weighted by molar-refractivity contribution is -0.140. The number of aliphatic imine (C=N–C) groups is 1. The maximum atomic E-state index is 13.3. The van der Waals surface area contributed by atoms with Gasteiger partial charge in [-0.2, -0.15) is 4.99 Å². The Kier molecular flexibility index (Phi) is 8.99. The Morgan fingerprint density at radius 3 is 2.56 bits per heavy atom. The predicted octanol–water partition coefficient (Wildman–Crippen LogP) is 2.74. The second kappa shape index (κ2) is 13.0. The number of nitrogens with one attached hydrogen (secondary N) is 1. The highest BCUT2D eigenvalue weighted by Gasteiger charge is 2.20. The average molecular weight is 558 g/mol. The number of pyridine rings is 1. The third-order valence-electron chi connectivity index (χ3n) is 6.02. The van der Waals surface area contributed by atoms with Crippen LogP contribution in [0.5, 0.6) is 0 Å². The molecule has 4 rings (SSSR count). The first-order chi connectivity index (χ1) is 19.8. The summed E-state index contributed by atoms with van der Waals surface area (Å²) in [4.78, 5) is 60.3. The number of imidazole rings is 1. The van der Waals surface area contributed by atoms with Crippen LogP contribution in [0.3, 0.4) is 0 Å². The van der Waals surface area contributed by atoms with E-state index in [4.69, 9.17) is 15.8 Å². The molecule has 0 bridgehead atoms. The molecule has 0 saturated carbocycles. The van der Waals surface area contributed by atoms with Crippen molar-refractivity contribution in [2.75, 3.05) is 23.4 Å². The number of nitrogens with two attached hydrogens (primary N) is 1. The van der Waals surface area contributed by atoms with Crippen molar-refractivity contribution in [3.8, 4) is 0 Å². The molecule has 0 atom stereocenters. The van der Waals surface area contributed by atoms with Gasteiger partial charge in [0, 0.05) is 43.0 Å². The van der Waals surface area contributed by atoms with E-state index < -0.39 is 18.7 Å². The van der Waals surface area contributed by atoms with E-state index in [2.05, 4.69) is 20.0 Å². The van der Waals surface area contributed by atoms with Gasteiger partial charge in [-0.15, -0.1) is 0 Å². The molecular weight excluding hydrogens is 530 g/mol. The van der Waals surface area contributed by atoms with Crippen LogP contribution in [0.4, 0.5) is 16.3 Å². The first-order valence-corrected chi connectivity index (χ1v) is 12.5. The number of carbonyl (C=O) groups is 4. The Morgan fingerprint density at radius 1 is 1.12 bits per heavy atom. The van der Waals surface area contributed by atoms with Gasteiger partial charge in [-0.1, -0.05) is 6.07 Å². The van der Waals surface area contributed by atoms with Crippen molar-refractivity contribution in [1.82, 2.24) is 14.5 Å². The lowest BCUT2D eigenvalue weighted by Crippen LogP contribution is -2.32. The van der Waals surface area contributed by atoms with Gasteiger partial charge in [0.05, 0.1) is 17.6 Å². The molecule has 0 fully saturated rings. The molecule has 210 valence electrons. The topological polar surface area (TPSA) is 182 Å². The molecule has 2 heterocycles. The summed E-state index contributed by atoms with van der Waals surface area (Å²) in [5.74, 6) is -0.507. The molecule has 13 nitrogen and oxygen atoms in total. The molecule has 4 N–H and O–H groups in total. The van der Waals surface area contributed by atoms with Gasteiger partial charge in [0.2, 0.25) is 0 Å². The number of aliphatic carboxylic acids is 1. The molecular formula is C28H27N7O6. The number of carboxylic acid groups (broad SMARTS) is 1. The largest absolute Gasteiger partial charge is 0.479 e. The van der Waals surface area contributed by atoms with Crippen molar-refractivity contribution in [1.29, 1.82) is 0 Å². The third-order valence-corrected chi connectivity index (χ3v) is 6.02. The molecule has 4 aromatic rings. The Bertz CT molecular complexity index is 1600. The van der Waals surface area contributed by atoms with E-state index in [-0.39, 0.29) is 24.7 Å². The zero-order valence-corrected chi connectivity index (χ0v) is 22.1. The number of fused-ring (bicyclic) bond motifs is 1. The van der Waals surface area contributed by atoms with Gasteiger partial charge in [0.25, 0.3) is 5.91 Å². The number of benzene rings is 2. The third kappa shape index (κ3) is 7.09. The molecule has 0 spiro atoms. The zero-order chi connectivity index (χ0) is 29.4. The van der Waals surface area contributed by atoms with Crippen molar-refractivity contribution < 1.29 is 29.0 Å². The number of nitrogens with zero attached hydrogens (tertiary/aromatic N) is 5. The van der Waals surface area contributed by atoms with E-state index in [1.54, 1.807) is 60.8 Å². The maximum Gasteiger partial charge on any atom is 0.436 e. The second-order valence-electron chi connectivity index (χ2n) is 8.77. The fraction of sp³-hybridized carbons (Fsp3) is 0.179. The van der Waals surface area contributed by atoms with Gasteiger partial charge < -0.3 is 30.3 Å². The average Bonchev–Trinajstić information content (AvgIpc) is 3.30. The lowest BCUT2D eigenvalue weighted by atomic mass is 10.1. The van der Waals surface area contributed by atoms with Crippen LogP contribution in [0.1, 0.15) is 28.2 Å². The van der Waals surface area contributed by atoms with E-state index in [9.17, 15) is 19.2 Å². The molecule has 0 unspecified atom stereocenters. The minimum Gasteiger partial charge on any atom is -0.479 e. The van der Waals surface area contributed by atoms with Crippen molar-refractivity contribution in [3.05, 3.63) is 83.8 Å². The number of carbonyl (C=O) groups excluding carboxylic acids is 3. The molecule has 13 heteroatoms. The van der Waals surface area contributed by atoms with Crippen LogP contribution in [-0.2, 0) is 27.9 Å². The quantitative estimate of drug-likeness (QED) is 0.141. The number of anilines is 2. The van der Waals surface area contributed by atoms with E-state index in [1.807, 2.05) is 17.7 Å². The summed E-state index contributed by atoms with van der Waals surface area (Å²) in [5.41, 5.74) is 8.92. The number of aromatic nitrogens is 3. The number of aldehydes is 1. The first kappa shape index (κ1) is 28.4. The molecule has 0 radical (unpaired) electrons. The summed E-state index contributed by atoms with van der Waals surface area (Å²) in [6, 6.07) is 17.3. The minimum atomic E-state index is -1.30. The highest BCUT2D eigenvalue weighted by molar-refractivity contribution is 6.07. The van der Waals surface area contributed by atoms with E-state index in [0.717, 1.165) is 23.3 Å². The maximum absolute atomic E-state index is 13.3. The fourth-order valence-corrected chi connectivity index (χ4v) is 3.97. The number of carboxylic acids is 1. The van der Waals surface area contributed by atoms with E-state index in [1.165, 1.54) is 4.90 Å². The van der Waals surface area contributed by atoms with Crippen molar-refractivity contribution in [2.45, 2.75) is 13.0 Å². The molecule has 2 amide bonds. The number of aryl methyl sites for hydroxylation is 1. The number of hydrogen-bond acceptors (Lipinski definition) is 8. The van der Waals surface area contributed by atoms with Gasteiger partial charge in [-0.3, -0.25) is 9.69 Å². The predicted molar refractivity (Wildman–Crippen MR) is 151 cm³/mol. The Balaban J connectivity index is 1.45. The van der Waals surface area contributed by atoms with Gasteiger partial charge in [-0.25, -0.2) is 19.6 Å². The highest BCUT2D eigenvalue weighted by Crippen LogP contribution is 2.21. The van der Waals surface area contributed by atoms with Crippen LogP contribution in [0.15, 0.2) is 71.9 Å². The molecule has 0 aliphatic carbocycles. The van der Waals surface area contributed by atoms with E-state index >= 15 is 0 Å². The van der Waals surface area contributed by atoms with Gasteiger partial charge in [0.15, 0.2) is 6.61 Å². The zero-order valence-electron chi connectivity index (χ0n) is 22.1. The highest BCUT2D eigenvalue weighted by atomic mass is 16.6. The summed E-state index contributed by atoms with van der Waals surface area (Å²) in [7, 11) is 1.88. The SMILES string of the molecule is Cn1c(CNc2ccc(/C(N)=N\C(=O)OCC(=O)O)cc2)nc2cc(C(=O)N(CCC=O)c3ccccn3)ccc21. The summed E-state index contributed by atoms with van der Waals surface area (Å²) in [6.07, 6.45) is 1.45. The van der Waals surface area contributed by atoms with Gasteiger partial charge in [0.1, 0.15) is 23.8 Å². The molecule has 2 aromatic heterocycles. The lowest BCUT2D eigenvalue weighted by Gasteiger charge is -2.20. The van der Waals surface area contributed by atoms with Gasteiger partial charge >= 0.3 is 12.1 Å². The second-order valence-corrected chi connectivity index (χ2v) is 8.77. The monoisotopic (exact) mass is 557 g/mol. The summed E-state index contributed by atoms with van der Waals surface area (Å²) in [5, 5.41) is 11.8. The summed E-state index contributed by atoms with van der Waals surface area (Å²) < 4.78 is 6.36. The van der Waals surface area contributed by atoms with Crippen LogP contribution >= 0.6 is 0 Å². The number of hydrogen-bond donors (Lipinski definition) is 3. The first-order valence-electron chi connectivity index (χ1n) is 12.5. The van der Waals surface area contributed by atoms with E-state index in [0.29, 0.717) is 29.0 Å². The van der Waals surface area contributed by atoms with Crippen molar-refractivity contribution >= 4 is 52.6 Å². The standard InChI is InChI=1S/C28H27N7O6/c1-34-22-11-8-19(27(39)35(13-4-14-36)23-5-2-3-12-30-23)15-21(22)32-24(34)16-31-20-9-6-18(7-10-20)26(29)33-28(40)41-17-25(37)38/h2-3,5-12,14-15,31H,4,13,16-17H2,1H3,(H,37,38)(H2,29,33,40). The molecule has 0 saturated heterocycles. The molecule has 0 aliphatic heterocycles. The molecule has 2 aromatic carbocycles. The van der Waals surface area contributed by atoms with Crippen LogP contribution < -0.4 is 16.0 Å². The Morgan fingerprint density at radius 2 is 1.88 bits per heavy atom. The molecule has 0 aliphatic rings. The van der Waals surface area contributed by atoms with Gasteiger partial charge in [-0.05, 0) is 54.6 Å². The van der Waals surface area contributed by atoms with Crippen molar-refractivity contribution in [2.24, 2.45) is 17.8 Å². The van der Waals surface area contributed by atoms with Crippen LogP contribution in [0.25, 0.3) is 11.0 Å². The minimum absolute atomic E-state index is 0.111. The number of ether oxygens (including phenoxy) is 1. The van der Waals surface area contributed by atoms with Crippen LogP contribution in [0.2, 0.25) is 0 Å².